The van der Waals surface area contributed by atoms with Gasteiger partial charge in [-0.3, -0.25) is 4.79 Å². The number of hydrogen-bond acceptors (Lipinski definition) is 5. The highest BCUT2D eigenvalue weighted by Gasteiger charge is 2.42. The second kappa shape index (κ2) is 6.61. The van der Waals surface area contributed by atoms with Crippen LogP contribution in [0.4, 0.5) is 0 Å². The van der Waals surface area contributed by atoms with E-state index in [2.05, 4.69) is 5.32 Å². The molecule has 104 valence electrons. The van der Waals surface area contributed by atoms with Gasteiger partial charge in [-0.1, -0.05) is 0 Å². The molecule has 0 aromatic carbocycles. The Morgan fingerprint density at radius 2 is 2.39 bits per heavy atom. The van der Waals surface area contributed by atoms with E-state index in [0.29, 0.717) is 32.1 Å². The first kappa shape index (κ1) is 13.9. The molecular formula is C13H23NO4. The van der Waals surface area contributed by atoms with Crippen LogP contribution in [0, 0.1) is 5.92 Å². The third-order valence-electron chi connectivity index (χ3n) is 3.80. The molecule has 0 aromatic heterocycles. The molecule has 2 aliphatic heterocycles. The molecule has 2 unspecified atom stereocenters. The second-order valence-electron chi connectivity index (χ2n) is 5.16. The van der Waals surface area contributed by atoms with Crippen molar-refractivity contribution in [3.8, 4) is 0 Å². The Morgan fingerprint density at radius 3 is 3.11 bits per heavy atom. The number of methoxy groups -OCH3 is 1. The highest BCUT2D eigenvalue weighted by Crippen LogP contribution is 2.35. The Morgan fingerprint density at radius 1 is 1.50 bits per heavy atom. The summed E-state index contributed by atoms with van der Waals surface area (Å²) in [7, 11) is 1.66. The fourth-order valence-corrected chi connectivity index (χ4v) is 2.70. The first-order valence-corrected chi connectivity index (χ1v) is 6.70. The third kappa shape index (κ3) is 3.51. The van der Waals surface area contributed by atoms with E-state index < -0.39 is 0 Å². The molecule has 18 heavy (non-hydrogen) atoms. The van der Waals surface area contributed by atoms with Gasteiger partial charge in [0.1, 0.15) is 5.78 Å². The minimum atomic E-state index is -0.175. The molecule has 2 saturated heterocycles. The zero-order valence-electron chi connectivity index (χ0n) is 11.1. The van der Waals surface area contributed by atoms with Crippen LogP contribution in [-0.4, -0.2) is 58.0 Å². The maximum atomic E-state index is 12.1. The summed E-state index contributed by atoms with van der Waals surface area (Å²) in [5.41, 5.74) is -0.175. The summed E-state index contributed by atoms with van der Waals surface area (Å²) in [6.07, 6.45) is 2.58. The summed E-state index contributed by atoms with van der Waals surface area (Å²) in [5, 5.41) is 3.12. The topological polar surface area (TPSA) is 56.8 Å². The molecule has 2 aliphatic rings. The summed E-state index contributed by atoms with van der Waals surface area (Å²) >= 11 is 0. The van der Waals surface area contributed by atoms with Gasteiger partial charge < -0.3 is 19.5 Å². The highest BCUT2D eigenvalue weighted by atomic mass is 16.6. The lowest BCUT2D eigenvalue weighted by atomic mass is 9.83. The van der Waals surface area contributed by atoms with Gasteiger partial charge >= 0.3 is 0 Å². The Labute approximate surface area is 108 Å². The molecule has 5 heteroatoms. The van der Waals surface area contributed by atoms with E-state index in [9.17, 15) is 4.79 Å². The largest absolute Gasteiger partial charge is 0.383 e. The van der Waals surface area contributed by atoms with E-state index in [1.54, 1.807) is 7.11 Å². The third-order valence-corrected chi connectivity index (χ3v) is 3.80. The Bertz CT molecular complexity index is 276. The van der Waals surface area contributed by atoms with Crippen molar-refractivity contribution in [2.45, 2.75) is 24.9 Å². The molecule has 0 saturated carbocycles. The number of hydrogen-bond donors (Lipinski definition) is 1. The monoisotopic (exact) mass is 257 g/mol. The molecule has 2 rings (SSSR count). The van der Waals surface area contributed by atoms with Crippen LogP contribution in [0.1, 0.15) is 19.3 Å². The number of nitrogens with one attached hydrogen (secondary N) is 1. The molecule has 5 nitrogen and oxygen atoms in total. The molecular weight excluding hydrogens is 234 g/mol. The van der Waals surface area contributed by atoms with Gasteiger partial charge in [0.2, 0.25) is 0 Å². The normalized spacial score (nSPS) is 31.9. The number of rotatable bonds is 6. The summed E-state index contributed by atoms with van der Waals surface area (Å²) in [4.78, 5) is 12.1. The smallest absolute Gasteiger partial charge is 0.149 e. The van der Waals surface area contributed by atoms with E-state index in [-0.39, 0.29) is 11.5 Å². The predicted octanol–water partition coefficient (Wildman–Crippen LogP) is 0.377. The zero-order valence-corrected chi connectivity index (χ0v) is 11.1. The van der Waals surface area contributed by atoms with Crippen molar-refractivity contribution in [2.24, 2.45) is 5.92 Å². The molecule has 0 aliphatic carbocycles. The SMILES string of the molecule is COCCNCC(=O)C1CCOC2(CCOC2)C1. The van der Waals surface area contributed by atoms with E-state index in [1.807, 2.05) is 0 Å². The van der Waals surface area contributed by atoms with Crippen LogP contribution in [0.2, 0.25) is 0 Å². The molecule has 2 atom stereocenters. The van der Waals surface area contributed by atoms with Gasteiger partial charge in [-0.15, -0.1) is 0 Å². The average molecular weight is 257 g/mol. The van der Waals surface area contributed by atoms with Crippen LogP contribution in [-0.2, 0) is 19.0 Å². The van der Waals surface area contributed by atoms with Crippen LogP contribution in [0.15, 0.2) is 0 Å². The maximum Gasteiger partial charge on any atom is 0.149 e. The summed E-state index contributed by atoms with van der Waals surface area (Å²) in [6, 6.07) is 0. The molecule has 2 heterocycles. The number of Topliss-reactive ketones (excluding diaryl/α,β-unsaturated/α-hetero) is 1. The molecule has 0 aromatic rings. The molecule has 2 fully saturated rings. The van der Waals surface area contributed by atoms with Crippen LogP contribution in [0.3, 0.4) is 0 Å². The molecule has 1 N–H and O–H groups in total. The van der Waals surface area contributed by atoms with Gasteiger partial charge in [0, 0.05) is 39.2 Å². The van der Waals surface area contributed by atoms with Crippen LogP contribution in [0.25, 0.3) is 0 Å². The van der Waals surface area contributed by atoms with Crippen molar-refractivity contribution < 1.29 is 19.0 Å². The lowest BCUT2D eigenvalue weighted by Crippen LogP contribution is -2.44. The summed E-state index contributed by atoms with van der Waals surface area (Å²) in [5.74, 6) is 0.413. The van der Waals surface area contributed by atoms with Gasteiger partial charge in [0.25, 0.3) is 0 Å². The van der Waals surface area contributed by atoms with Crippen LogP contribution in [0.5, 0.6) is 0 Å². The van der Waals surface area contributed by atoms with Crippen molar-refractivity contribution in [1.82, 2.24) is 5.32 Å². The number of carbonyl (C=O) groups is 1. The number of ether oxygens (including phenoxy) is 3. The van der Waals surface area contributed by atoms with E-state index >= 15 is 0 Å². The van der Waals surface area contributed by atoms with Gasteiger partial charge in [-0.25, -0.2) is 0 Å². The average Bonchev–Trinajstić information content (AvgIpc) is 2.82. The van der Waals surface area contributed by atoms with Crippen molar-refractivity contribution in [3.63, 3.8) is 0 Å². The van der Waals surface area contributed by atoms with E-state index in [0.717, 1.165) is 32.4 Å². The second-order valence-corrected chi connectivity index (χ2v) is 5.16. The quantitative estimate of drug-likeness (QED) is 0.697. The fourth-order valence-electron chi connectivity index (χ4n) is 2.70. The van der Waals surface area contributed by atoms with Crippen molar-refractivity contribution in [1.29, 1.82) is 0 Å². The van der Waals surface area contributed by atoms with Crippen LogP contribution < -0.4 is 5.32 Å². The summed E-state index contributed by atoms with van der Waals surface area (Å²) < 4.78 is 16.2. The summed E-state index contributed by atoms with van der Waals surface area (Å²) in [6.45, 7) is 3.88. The first-order valence-electron chi connectivity index (χ1n) is 6.70. The number of carbonyl (C=O) groups excluding carboxylic acids is 1. The fraction of sp³-hybridized carbons (Fsp3) is 0.923. The molecule has 0 bridgehead atoms. The zero-order chi connectivity index (χ0) is 12.8. The van der Waals surface area contributed by atoms with Gasteiger partial charge in [-0.05, 0) is 12.8 Å². The lowest BCUT2D eigenvalue weighted by molar-refractivity contribution is -0.136. The van der Waals surface area contributed by atoms with E-state index in [4.69, 9.17) is 14.2 Å². The lowest BCUT2D eigenvalue weighted by Gasteiger charge is -2.36. The van der Waals surface area contributed by atoms with Crippen molar-refractivity contribution in [3.05, 3.63) is 0 Å². The predicted molar refractivity (Wildman–Crippen MR) is 66.6 cm³/mol. The Kier molecular flexibility index (Phi) is 5.12. The maximum absolute atomic E-state index is 12.1. The molecule has 0 amide bonds. The minimum Gasteiger partial charge on any atom is -0.383 e. The van der Waals surface area contributed by atoms with Gasteiger partial charge in [0.05, 0.1) is 25.4 Å². The molecule has 1 spiro atoms. The van der Waals surface area contributed by atoms with Gasteiger partial charge in [0.15, 0.2) is 0 Å². The first-order chi connectivity index (χ1) is 8.76. The minimum absolute atomic E-state index is 0.121. The highest BCUT2D eigenvalue weighted by molar-refractivity contribution is 5.83. The van der Waals surface area contributed by atoms with Crippen molar-refractivity contribution >= 4 is 5.78 Å². The van der Waals surface area contributed by atoms with Crippen LogP contribution >= 0.6 is 0 Å². The number of ketones is 1. The van der Waals surface area contributed by atoms with Crippen molar-refractivity contribution in [2.75, 3.05) is 46.6 Å². The Hall–Kier alpha value is -0.490. The molecule has 0 radical (unpaired) electrons. The Balaban J connectivity index is 1.75. The standard InChI is InChI=1S/C13H23NO4/c1-16-7-4-14-9-12(15)11-2-5-18-13(8-11)3-6-17-10-13/h11,14H,2-10H2,1H3. The van der Waals surface area contributed by atoms with Gasteiger partial charge in [-0.2, -0.15) is 0 Å². The van der Waals surface area contributed by atoms with E-state index in [1.165, 1.54) is 0 Å².